The van der Waals surface area contributed by atoms with E-state index in [4.69, 9.17) is 4.74 Å². The highest BCUT2D eigenvalue weighted by atomic mass is 16.5. The van der Waals surface area contributed by atoms with Gasteiger partial charge < -0.3 is 4.74 Å². The molecule has 0 bridgehead atoms. The summed E-state index contributed by atoms with van der Waals surface area (Å²) in [4.78, 5) is 12.5. The van der Waals surface area contributed by atoms with Crippen molar-refractivity contribution in [2.45, 2.75) is 63.1 Å². The van der Waals surface area contributed by atoms with Gasteiger partial charge in [-0.3, -0.25) is 14.8 Å². The van der Waals surface area contributed by atoms with Crippen molar-refractivity contribution in [3.8, 4) is 0 Å². The SMILES string of the molecule is CCOC(=O)C1(NC2CC2)CCCC(n2cccn2)C1. The summed E-state index contributed by atoms with van der Waals surface area (Å²) in [6.07, 6.45) is 9.90. The number of rotatable bonds is 5. The lowest BCUT2D eigenvalue weighted by molar-refractivity contribution is -0.153. The maximum atomic E-state index is 12.5. The number of nitrogens with one attached hydrogen (secondary N) is 1. The van der Waals surface area contributed by atoms with Gasteiger partial charge in [0.25, 0.3) is 0 Å². The maximum absolute atomic E-state index is 12.5. The predicted molar refractivity (Wildman–Crippen MR) is 75.3 cm³/mol. The van der Waals surface area contributed by atoms with Gasteiger partial charge in [0.15, 0.2) is 0 Å². The van der Waals surface area contributed by atoms with E-state index in [2.05, 4.69) is 10.4 Å². The highest BCUT2D eigenvalue weighted by Gasteiger charge is 2.47. The summed E-state index contributed by atoms with van der Waals surface area (Å²) in [6, 6.07) is 2.72. The van der Waals surface area contributed by atoms with E-state index in [-0.39, 0.29) is 12.0 Å². The monoisotopic (exact) mass is 277 g/mol. The van der Waals surface area contributed by atoms with Crippen molar-refractivity contribution in [1.82, 2.24) is 15.1 Å². The second-order valence-corrected chi connectivity index (χ2v) is 5.96. The highest BCUT2D eigenvalue weighted by molar-refractivity contribution is 5.81. The number of esters is 1. The van der Waals surface area contributed by atoms with Crippen LogP contribution in [0.15, 0.2) is 18.5 Å². The molecule has 1 aromatic rings. The summed E-state index contributed by atoms with van der Waals surface area (Å²) in [5.41, 5.74) is -0.508. The first-order chi connectivity index (χ1) is 9.73. The van der Waals surface area contributed by atoms with Crippen LogP contribution in [-0.2, 0) is 9.53 Å². The van der Waals surface area contributed by atoms with Crippen LogP contribution in [0, 0.1) is 0 Å². The fourth-order valence-corrected chi connectivity index (χ4v) is 3.23. The molecule has 2 fully saturated rings. The number of carbonyl (C=O) groups excluding carboxylic acids is 1. The Hall–Kier alpha value is -1.36. The van der Waals surface area contributed by atoms with Crippen molar-refractivity contribution < 1.29 is 9.53 Å². The zero-order valence-corrected chi connectivity index (χ0v) is 12.0. The Morgan fingerprint density at radius 2 is 2.35 bits per heavy atom. The summed E-state index contributed by atoms with van der Waals surface area (Å²) in [6.45, 7) is 2.32. The zero-order valence-electron chi connectivity index (χ0n) is 12.0. The van der Waals surface area contributed by atoms with Crippen LogP contribution < -0.4 is 5.32 Å². The smallest absolute Gasteiger partial charge is 0.326 e. The summed E-state index contributed by atoms with van der Waals surface area (Å²) in [5, 5.41) is 7.91. The number of hydrogen-bond acceptors (Lipinski definition) is 4. The van der Waals surface area contributed by atoms with Gasteiger partial charge in [-0.15, -0.1) is 0 Å². The minimum absolute atomic E-state index is 0.0799. The lowest BCUT2D eigenvalue weighted by atomic mass is 9.78. The predicted octanol–water partition coefficient (Wildman–Crippen LogP) is 2.05. The quantitative estimate of drug-likeness (QED) is 0.837. The molecule has 20 heavy (non-hydrogen) atoms. The van der Waals surface area contributed by atoms with Gasteiger partial charge in [-0.2, -0.15) is 5.10 Å². The van der Waals surface area contributed by atoms with Crippen molar-refractivity contribution >= 4 is 5.97 Å². The standard InChI is InChI=1S/C15H23N3O2/c1-2-20-14(19)15(17-12-6-7-12)8-3-5-13(11-15)18-10-4-9-16-18/h4,9-10,12-13,17H,2-3,5-8,11H2,1H3. The van der Waals surface area contributed by atoms with E-state index in [9.17, 15) is 4.79 Å². The molecule has 1 aromatic heterocycles. The molecule has 2 saturated carbocycles. The van der Waals surface area contributed by atoms with Gasteiger partial charge in [-0.25, -0.2) is 0 Å². The molecule has 0 amide bonds. The molecule has 110 valence electrons. The molecule has 2 aliphatic rings. The van der Waals surface area contributed by atoms with E-state index in [1.54, 1.807) is 6.20 Å². The molecule has 5 heteroatoms. The van der Waals surface area contributed by atoms with E-state index in [0.717, 1.165) is 25.7 Å². The molecule has 0 spiro atoms. The van der Waals surface area contributed by atoms with Crippen LogP contribution in [0.3, 0.4) is 0 Å². The Labute approximate surface area is 119 Å². The summed E-state index contributed by atoms with van der Waals surface area (Å²) < 4.78 is 7.34. The Morgan fingerprint density at radius 1 is 1.50 bits per heavy atom. The first-order valence-electron chi connectivity index (χ1n) is 7.67. The maximum Gasteiger partial charge on any atom is 0.326 e. The summed E-state index contributed by atoms with van der Waals surface area (Å²) in [7, 11) is 0. The van der Waals surface area contributed by atoms with Crippen LogP contribution in [0.1, 0.15) is 51.5 Å². The molecule has 2 unspecified atom stereocenters. The van der Waals surface area contributed by atoms with Gasteiger partial charge in [0.05, 0.1) is 12.6 Å². The topological polar surface area (TPSA) is 56.1 Å². The third kappa shape index (κ3) is 2.73. The van der Waals surface area contributed by atoms with Crippen LogP contribution in [0.25, 0.3) is 0 Å². The summed E-state index contributed by atoms with van der Waals surface area (Å²) in [5.74, 6) is -0.0799. The van der Waals surface area contributed by atoms with E-state index < -0.39 is 5.54 Å². The molecule has 5 nitrogen and oxygen atoms in total. The molecule has 0 aromatic carbocycles. The van der Waals surface area contributed by atoms with Crippen molar-refractivity contribution in [3.05, 3.63) is 18.5 Å². The van der Waals surface area contributed by atoms with Gasteiger partial charge in [0.2, 0.25) is 0 Å². The van der Waals surface area contributed by atoms with Gasteiger partial charge in [0.1, 0.15) is 5.54 Å². The second-order valence-electron chi connectivity index (χ2n) is 5.96. The average Bonchev–Trinajstić information content (AvgIpc) is 3.08. The Bertz CT molecular complexity index is 456. The zero-order chi connectivity index (χ0) is 14.0. The van der Waals surface area contributed by atoms with Gasteiger partial charge >= 0.3 is 5.97 Å². The van der Waals surface area contributed by atoms with Crippen LogP contribution >= 0.6 is 0 Å². The van der Waals surface area contributed by atoms with Crippen molar-refractivity contribution in [2.75, 3.05) is 6.61 Å². The van der Waals surface area contributed by atoms with Crippen LogP contribution in [0.5, 0.6) is 0 Å². The molecular formula is C15H23N3O2. The minimum Gasteiger partial charge on any atom is -0.465 e. The lowest BCUT2D eigenvalue weighted by Crippen LogP contribution is -2.56. The Morgan fingerprint density at radius 3 is 3.00 bits per heavy atom. The Kier molecular flexibility index (Phi) is 3.78. The van der Waals surface area contributed by atoms with Crippen molar-refractivity contribution in [2.24, 2.45) is 0 Å². The molecule has 2 atom stereocenters. The number of hydrogen-bond donors (Lipinski definition) is 1. The number of nitrogens with zero attached hydrogens (tertiary/aromatic N) is 2. The molecular weight excluding hydrogens is 254 g/mol. The summed E-state index contributed by atoms with van der Waals surface area (Å²) >= 11 is 0. The van der Waals surface area contributed by atoms with Crippen molar-refractivity contribution in [3.63, 3.8) is 0 Å². The van der Waals surface area contributed by atoms with Gasteiger partial charge in [-0.05, 0) is 51.5 Å². The van der Waals surface area contributed by atoms with E-state index in [1.165, 1.54) is 12.8 Å². The van der Waals surface area contributed by atoms with Gasteiger partial charge in [0, 0.05) is 18.4 Å². The molecule has 0 aliphatic heterocycles. The highest BCUT2D eigenvalue weighted by Crippen LogP contribution is 2.38. The Balaban J connectivity index is 1.78. The third-order valence-electron chi connectivity index (χ3n) is 4.35. The molecule has 3 rings (SSSR count). The average molecular weight is 277 g/mol. The fourth-order valence-electron chi connectivity index (χ4n) is 3.23. The molecule has 0 saturated heterocycles. The second kappa shape index (κ2) is 5.56. The van der Waals surface area contributed by atoms with Gasteiger partial charge in [-0.1, -0.05) is 0 Å². The van der Waals surface area contributed by atoms with Crippen LogP contribution in [0.4, 0.5) is 0 Å². The number of ether oxygens (including phenoxy) is 1. The largest absolute Gasteiger partial charge is 0.465 e. The molecule has 2 aliphatic carbocycles. The number of aromatic nitrogens is 2. The van der Waals surface area contributed by atoms with Crippen molar-refractivity contribution in [1.29, 1.82) is 0 Å². The fraction of sp³-hybridized carbons (Fsp3) is 0.733. The normalized spacial score (nSPS) is 30.1. The minimum atomic E-state index is -0.508. The lowest BCUT2D eigenvalue weighted by Gasteiger charge is -2.39. The van der Waals surface area contributed by atoms with E-state index in [1.807, 2.05) is 23.9 Å². The molecule has 0 radical (unpaired) electrons. The first-order valence-corrected chi connectivity index (χ1v) is 7.67. The van der Waals surface area contributed by atoms with E-state index >= 15 is 0 Å². The number of carbonyl (C=O) groups is 1. The third-order valence-corrected chi connectivity index (χ3v) is 4.35. The van der Waals surface area contributed by atoms with Crippen LogP contribution in [-0.4, -0.2) is 33.9 Å². The van der Waals surface area contributed by atoms with E-state index in [0.29, 0.717) is 12.6 Å². The molecule has 1 heterocycles. The van der Waals surface area contributed by atoms with Crippen LogP contribution in [0.2, 0.25) is 0 Å². The molecule has 1 N–H and O–H groups in total. The first kappa shape index (κ1) is 13.6.